The highest BCUT2D eigenvalue weighted by Crippen LogP contribution is 2.18. The lowest BCUT2D eigenvalue weighted by molar-refractivity contribution is -0.139. The molecule has 0 fully saturated rings. The van der Waals surface area contributed by atoms with Gasteiger partial charge in [0.05, 0.1) is 5.75 Å². The number of carbonyl (C=O) groups is 2. The molecule has 0 aliphatic carbocycles. The van der Waals surface area contributed by atoms with Crippen LogP contribution in [0.2, 0.25) is 0 Å². The summed E-state index contributed by atoms with van der Waals surface area (Å²) in [5, 5.41) is 2.95. The molecule has 0 saturated carbocycles. The Kier molecular flexibility index (Phi) is 10.3. The van der Waals surface area contributed by atoms with E-state index in [1.807, 2.05) is 56.3 Å². The second-order valence-electron chi connectivity index (χ2n) is 6.84. The molecule has 2 rings (SSSR count). The van der Waals surface area contributed by atoms with Crippen LogP contribution in [0, 0.1) is 0 Å². The Morgan fingerprint density at radius 1 is 1.03 bits per heavy atom. The molecule has 0 radical (unpaired) electrons. The summed E-state index contributed by atoms with van der Waals surface area (Å²) in [6, 6.07) is 17.5. The first-order chi connectivity index (χ1) is 14.0. The summed E-state index contributed by atoms with van der Waals surface area (Å²) in [6.45, 7) is 5.04. The zero-order chi connectivity index (χ0) is 21.1. The Morgan fingerprint density at radius 3 is 2.34 bits per heavy atom. The van der Waals surface area contributed by atoms with Gasteiger partial charge in [-0.3, -0.25) is 9.59 Å². The highest BCUT2D eigenvalue weighted by Gasteiger charge is 2.28. The summed E-state index contributed by atoms with van der Waals surface area (Å²) < 4.78 is 1.04. The van der Waals surface area contributed by atoms with Crippen molar-refractivity contribution in [3.63, 3.8) is 0 Å². The minimum atomic E-state index is -0.456. The van der Waals surface area contributed by atoms with Crippen molar-refractivity contribution in [2.75, 3.05) is 12.3 Å². The molecule has 0 bridgehead atoms. The Labute approximate surface area is 186 Å². The third-order valence-electron chi connectivity index (χ3n) is 4.54. The van der Waals surface area contributed by atoms with Crippen LogP contribution in [0.3, 0.4) is 0 Å². The van der Waals surface area contributed by atoms with Gasteiger partial charge in [0.2, 0.25) is 11.8 Å². The van der Waals surface area contributed by atoms with E-state index in [4.69, 9.17) is 0 Å². The smallest absolute Gasteiger partial charge is 0.242 e. The molecule has 29 heavy (non-hydrogen) atoms. The van der Waals surface area contributed by atoms with Crippen molar-refractivity contribution in [1.29, 1.82) is 0 Å². The molecule has 156 valence electrons. The summed E-state index contributed by atoms with van der Waals surface area (Å²) in [4.78, 5) is 27.5. The fraction of sp³-hybridized carbons (Fsp3) is 0.391. The van der Waals surface area contributed by atoms with Crippen LogP contribution in [0.15, 0.2) is 59.1 Å². The molecule has 0 aliphatic heterocycles. The minimum absolute atomic E-state index is 0.00513. The van der Waals surface area contributed by atoms with E-state index in [2.05, 4.69) is 33.4 Å². The summed E-state index contributed by atoms with van der Waals surface area (Å²) in [7, 11) is 0. The maximum Gasteiger partial charge on any atom is 0.242 e. The third kappa shape index (κ3) is 7.86. The van der Waals surface area contributed by atoms with Crippen LogP contribution in [0.4, 0.5) is 0 Å². The van der Waals surface area contributed by atoms with Gasteiger partial charge in [0.1, 0.15) is 6.04 Å². The number of nitrogens with one attached hydrogen (secondary N) is 1. The van der Waals surface area contributed by atoms with Crippen LogP contribution < -0.4 is 5.32 Å². The number of amides is 2. The van der Waals surface area contributed by atoms with Gasteiger partial charge < -0.3 is 10.2 Å². The Bertz CT molecular complexity index is 768. The van der Waals surface area contributed by atoms with Gasteiger partial charge in [0.15, 0.2) is 0 Å². The van der Waals surface area contributed by atoms with E-state index in [0.29, 0.717) is 25.3 Å². The number of thioether (sulfide) groups is 1. The van der Waals surface area contributed by atoms with Gasteiger partial charge in [0, 0.05) is 23.3 Å². The average Bonchev–Trinajstić information content (AvgIpc) is 2.74. The molecule has 0 heterocycles. The lowest BCUT2D eigenvalue weighted by Crippen LogP contribution is -2.49. The van der Waals surface area contributed by atoms with E-state index in [1.165, 1.54) is 5.56 Å². The molecular weight excluding hydrogens is 448 g/mol. The van der Waals surface area contributed by atoms with E-state index in [1.54, 1.807) is 16.7 Å². The highest BCUT2D eigenvalue weighted by molar-refractivity contribution is 9.10. The largest absolute Gasteiger partial charge is 0.354 e. The predicted molar refractivity (Wildman–Crippen MR) is 125 cm³/mol. The molecule has 2 amide bonds. The fourth-order valence-corrected chi connectivity index (χ4v) is 4.12. The summed E-state index contributed by atoms with van der Waals surface area (Å²) in [5.74, 6) is 1.03. The molecule has 2 aromatic carbocycles. The molecule has 6 heteroatoms. The molecule has 4 nitrogen and oxygen atoms in total. The van der Waals surface area contributed by atoms with Crippen LogP contribution in [-0.2, 0) is 21.9 Å². The summed E-state index contributed by atoms with van der Waals surface area (Å²) in [6.07, 6.45) is 1.46. The van der Waals surface area contributed by atoms with Crippen molar-refractivity contribution in [1.82, 2.24) is 10.2 Å². The van der Waals surface area contributed by atoms with Crippen LogP contribution in [-0.4, -0.2) is 35.1 Å². The standard InChI is InChI=1S/C23H29BrN2O2S/c1-3-14-25-23(28)21(4-2)26(15-18-8-6-5-7-9-18)22(27)17-29-16-19-10-12-20(24)13-11-19/h5-13,21H,3-4,14-17H2,1-2H3,(H,25,28)/t21-/m0/s1. The first kappa shape index (κ1) is 23.5. The minimum Gasteiger partial charge on any atom is -0.354 e. The number of benzene rings is 2. The molecule has 0 saturated heterocycles. The maximum atomic E-state index is 13.1. The topological polar surface area (TPSA) is 49.4 Å². The normalized spacial score (nSPS) is 11.7. The monoisotopic (exact) mass is 476 g/mol. The lowest BCUT2D eigenvalue weighted by Gasteiger charge is -2.30. The summed E-state index contributed by atoms with van der Waals surface area (Å²) in [5.41, 5.74) is 2.20. The van der Waals surface area contributed by atoms with Gasteiger partial charge in [-0.1, -0.05) is 72.2 Å². The van der Waals surface area contributed by atoms with Crippen molar-refractivity contribution in [3.05, 3.63) is 70.2 Å². The second-order valence-corrected chi connectivity index (χ2v) is 8.74. The average molecular weight is 477 g/mol. The van der Waals surface area contributed by atoms with Gasteiger partial charge in [-0.05, 0) is 36.1 Å². The van der Waals surface area contributed by atoms with E-state index in [-0.39, 0.29) is 11.8 Å². The van der Waals surface area contributed by atoms with Crippen molar-refractivity contribution in [3.8, 4) is 0 Å². The van der Waals surface area contributed by atoms with Crippen LogP contribution in [0.25, 0.3) is 0 Å². The Morgan fingerprint density at radius 2 is 1.72 bits per heavy atom. The van der Waals surface area contributed by atoms with Crippen molar-refractivity contribution in [2.24, 2.45) is 0 Å². The fourth-order valence-electron chi connectivity index (χ4n) is 2.99. The molecule has 1 atom stereocenters. The van der Waals surface area contributed by atoms with E-state index < -0.39 is 6.04 Å². The number of hydrogen-bond donors (Lipinski definition) is 1. The van der Waals surface area contributed by atoms with Crippen LogP contribution in [0.1, 0.15) is 37.8 Å². The first-order valence-corrected chi connectivity index (χ1v) is 11.9. The number of nitrogens with zero attached hydrogens (tertiary/aromatic N) is 1. The van der Waals surface area contributed by atoms with E-state index in [9.17, 15) is 9.59 Å². The van der Waals surface area contributed by atoms with Gasteiger partial charge in [0.25, 0.3) is 0 Å². The predicted octanol–water partition coefficient (Wildman–Crippen LogP) is 5.02. The second kappa shape index (κ2) is 12.7. The van der Waals surface area contributed by atoms with Crippen LogP contribution in [0.5, 0.6) is 0 Å². The molecule has 0 aromatic heterocycles. The molecular formula is C23H29BrN2O2S. The van der Waals surface area contributed by atoms with E-state index in [0.717, 1.165) is 22.2 Å². The first-order valence-electron chi connectivity index (χ1n) is 9.98. The van der Waals surface area contributed by atoms with Gasteiger partial charge >= 0.3 is 0 Å². The van der Waals surface area contributed by atoms with Gasteiger partial charge in [-0.2, -0.15) is 0 Å². The lowest BCUT2D eigenvalue weighted by atomic mass is 10.1. The van der Waals surface area contributed by atoms with Crippen molar-refractivity contribution in [2.45, 2.75) is 45.0 Å². The van der Waals surface area contributed by atoms with Gasteiger partial charge in [-0.15, -0.1) is 11.8 Å². The number of carbonyl (C=O) groups excluding carboxylic acids is 2. The Hall–Kier alpha value is -1.79. The molecule has 0 spiro atoms. The summed E-state index contributed by atoms with van der Waals surface area (Å²) >= 11 is 5.02. The zero-order valence-corrected chi connectivity index (χ0v) is 19.5. The molecule has 2 aromatic rings. The van der Waals surface area contributed by atoms with Crippen LogP contribution >= 0.6 is 27.7 Å². The Balaban J connectivity index is 2.06. The quantitative estimate of drug-likeness (QED) is 0.495. The maximum absolute atomic E-state index is 13.1. The van der Waals surface area contributed by atoms with Gasteiger partial charge in [-0.25, -0.2) is 0 Å². The number of halogens is 1. The number of rotatable bonds is 11. The van der Waals surface area contributed by atoms with E-state index >= 15 is 0 Å². The van der Waals surface area contributed by atoms with Crippen molar-refractivity contribution >= 4 is 39.5 Å². The number of hydrogen-bond acceptors (Lipinski definition) is 3. The highest BCUT2D eigenvalue weighted by atomic mass is 79.9. The molecule has 1 N–H and O–H groups in total. The third-order valence-corrected chi connectivity index (χ3v) is 6.06. The van der Waals surface area contributed by atoms with Crippen molar-refractivity contribution < 1.29 is 9.59 Å². The zero-order valence-electron chi connectivity index (χ0n) is 17.1. The molecule has 0 unspecified atom stereocenters. The SMILES string of the molecule is CCCNC(=O)[C@H](CC)N(Cc1ccccc1)C(=O)CSCc1ccc(Br)cc1. The molecule has 0 aliphatic rings.